The fourth-order valence-electron chi connectivity index (χ4n) is 4.11. The molecule has 0 aliphatic heterocycles. The molecule has 6 nitrogen and oxygen atoms in total. The van der Waals surface area contributed by atoms with Gasteiger partial charge >= 0.3 is 0 Å². The van der Waals surface area contributed by atoms with E-state index in [0.29, 0.717) is 0 Å². The average Bonchev–Trinajstić information content (AvgIpc) is 3.54. The molecule has 2 aromatic heterocycles. The topological polar surface area (TPSA) is 64.9 Å². The lowest BCUT2D eigenvalue weighted by atomic mass is 9.98. The number of rotatable bonds is 8. The maximum atomic E-state index is 5.60. The molecule has 170 valence electrons. The summed E-state index contributed by atoms with van der Waals surface area (Å²) >= 11 is 1.73. The van der Waals surface area contributed by atoms with E-state index in [0.717, 1.165) is 33.3 Å². The highest BCUT2D eigenvalue weighted by atomic mass is 32.1. The van der Waals surface area contributed by atoms with Crippen molar-refractivity contribution in [2.45, 2.75) is 19.0 Å². The highest BCUT2D eigenvalue weighted by molar-refractivity contribution is 7.12. The van der Waals surface area contributed by atoms with E-state index in [-0.39, 0.29) is 12.1 Å². The Morgan fingerprint density at radius 3 is 2.09 bits per heavy atom. The van der Waals surface area contributed by atoms with E-state index in [4.69, 9.17) is 4.74 Å². The number of hydrogen-bond donors (Lipinski definition) is 1. The Morgan fingerprint density at radius 2 is 1.47 bits per heavy atom. The fourth-order valence-corrected chi connectivity index (χ4v) is 5.04. The van der Waals surface area contributed by atoms with Crippen LogP contribution in [-0.4, -0.2) is 27.3 Å². The molecule has 1 unspecified atom stereocenters. The van der Waals surface area contributed by atoms with Crippen molar-refractivity contribution in [3.05, 3.63) is 124 Å². The van der Waals surface area contributed by atoms with Crippen molar-refractivity contribution in [3.63, 3.8) is 0 Å². The summed E-state index contributed by atoms with van der Waals surface area (Å²) in [6.07, 6.45) is 0. The van der Waals surface area contributed by atoms with Crippen LogP contribution in [0.2, 0.25) is 0 Å². The molecule has 0 fully saturated rings. The van der Waals surface area contributed by atoms with Crippen LogP contribution in [0.25, 0.3) is 0 Å². The zero-order valence-electron chi connectivity index (χ0n) is 19.0. The van der Waals surface area contributed by atoms with Gasteiger partial charge < -0.3 is 10.1 Å². The molecule has 3 aromatic carbocycles. The van der Waals surface area contributed by atoms with E-state index in [1.807, 2.05) is 65.3 Å². The summed E-state index contributed by atoms with van der Waals surface area (Å²) in [5, 5.41) is 16.8. The minimum atomic E-state index is -0.264. The van der Waals surface area contributed by atoms with Crippen molar-refractivity contribution < 1.29 is 4.74 Å². The van der Waals surface area contributed by atoms with Gasteiger partial charge in [0.25, 0.3) is 0 Å². The number of methoxy groups -OCH3 is 1. The molecule has 0 saturated carbocycles. The number of nitrogens with zero attached hydrogens (tertiary/aromatic N) is 4. The highest BCUT2D eigenvalue weighted by Gasteiger charge is 2.28. The normalized spacial score (nSPS) is 12.0. The van der Waals surface area contributed by atoms with Crippen LogP contribution in [0.3, 0.4) is 0 Å². The minimum absolute atomic E-state index is 0.171. The van der Waals surface area contributed by atoms with Gasteiger partial charge in [0.05, 0.1) is 12.8 Å². The number of aromatic nitrogens is 4. The number of tetrazole rings is 1. The lowest BCUT2D eigenvalue weighted by Gasteiger charge is -2.24. The van der Waals surface area contributed by atoms with Crippen LogP contribution in [-0.2, 0) is 0 Å². The molecule has 0 spiro atoms. The van der Waals surface area contributed by atoms with Gasteiger partial charge in [0, 0.05) is 9.75 Å². The summed E-state index contributed by atoms with van der Waals surface area (Å²) in [6.45, 7) is 2.11. The molecule has 0 aliphatic rings. The van der Waals surface area contributed by atoms with E-state index < -0.39 is 0 Å². The second kappa shape index (κ2) is 9.89. The molecule has 0 radical (unpaired) electrons. The van der Waals surface area contributed by atoms with Gasteiger partial charge in [-0.2, -0.15) is 0 Å². The number of para-hydroxylation sites is 2. The third-order valence-corrected chi connectivity index (χ3v) is 6.77. The monoisotopic (exact) mass is 467 g/mol. The van der Waals surface area contributed by atoms with E-state index in [2.05, 4.69) is 64.2 Å². The Labute approximate surface area is 202 Å². The first kappa shape index (κ1) is 21.9. The van der Waals surface area contributed by atoms with Crippen molar-refractivity contribution in [3.8, 4) is 5.75 Å². The van der Waals surface area contributed by atoms with Gasteiger partial charge in [-0.1, -0.05) is 72.8 Å². The van der Waals surface area contributed by atoms with Crippen LogP contribution in [0.4, 0.5) is 5.69 Å². The third-order valence-electron chi connectivity index (χ3n) is 5.70. The molecule has 0 saturated heterocycles. The van der Waals surface area contributed by atoms with Gasteiger partial charge in [-0.15, -0.1) is 16.4 Å². The second-order valence-corrected chi connectivity index (χ2v) is 9.25. The molecule has 5 aromatic rings. The largest absolute Gasteiger partial charge is 0.495 e. The number of nitrogens with one attached hydrogen (secondary N) is 1. The Balaban J connectivity index is 1.65. The SMILES string of the molecule is COc1ccccc1NC(c1ccc(C)s1)c1nnnn1C(c1ccccc1)c1ccccc1. The zero-order chi connectivity index (χ0) is 23.3. The summed E-state index contributed by atoms with van der Waals surface area (Å²) < 4.78 is 7.53. The van der Waals surface area contributed by atoms with Crippen LogP contribution in [0.1, 0.15) is 38.8 Å². The molecule has 2 heterocycles. The number of ether oxygens (including phenoxy) is 1. The summed E-state index contributed by atoms with van der Waals surface area (Å²) in [4.78, 5) is 2.35. The summed E-state index contributed by atoms with van der Waals surface area (Å²) in [5.74, 6) is 1.49. The van der Waals surface area contributed by atoms with Crippen LogP contribution in [0, 0.1) is 6.92 Å². The molecular weight excluding hydrogens is 442 g/mol. The summed E-state index contributed by atoms with van der Waals surface area (Å²) in [6, 6.07) is 32.4. The maximum Gasteiger partial charge on any atom is 0.180 e. The number of anilines is 1. The fraction of sp³-hybridized carbons (Fsp3) is 0.148. The highest BCUT2D eigenvalue weighted by Crippen LogP contribution is 2.36. The Morgan fingerprint density at radius 1 is 0.824 bits per heavy atom. The predicted octanol–water partition coefficient (Wildman–Crippen LogP) is 5.89. The molecule has 0 aliphatic carbocycles. The second-order valence-electron chi connectivity index (χ2n) is 7.93. The Hall–Kier alpha value is -3.97. The van der Waals surface area contributed by atoms with Gasteiger partial charge in [-0.3, -0.25) is 0 Å². The Bertz CT molecular complexity index is 1310. The molecule has 5 rings (SSSR count). The lowest BCUT2D eigenvalue weighted by Crippen LogP contribution is -2.22. The molecular formula is C27H25N5OS. The van der Waals surface area contributed by atoms with E-state index in [9.17, 15) is 0 Å². The van der Waals surface area contributed by atoms with Crippen LogP contribution in [0.15, 0.2) is 97.1 Å². The smallest absolute Gasteiger partial charge is 0.180 e. The number of aryl methyl sites for hydroxylation is 1. The van der Waals surface area contributed by atoms with Crippen molar-refractivity contribution in [2.75, 3.05) is 12.4 Å². The number of benzene rings is 3. The molecule has 0 bridgehead atoms. The maximum absolute atomic E-state index is 5.60. The quantitative estimate of drug-likeness (QED) is 0.308. The summed E-state index contributed by atoms with van der Waals surface area (Å²) in [7, 11) is 1.68. The molecule has 34 heavy (non-hydrogen) atoms. The summed E-state index contributed by atoms with van der Waals surface area (Å²) in [5.41, 5.74) is 3.10. The van der Waals surface area contributed by atoms with Crippen molar-refractivity contribution in [1.29, 1.82) is 0 Å². The van der Waals surface area contributed by atoms with Crippen LogP contribution < -0.4 is 10.1 Å². The van der Waals surface area contributed by atoms with Gasteiger partial charge in [0.2, 0.25) is 0 Å². The lowest BCUT2D eigenvalue weighted by molar-refractivity contribution is 0.416. The molecule has 7 heteroatoms. The Kier molecular flexibility index (Phi) is 6.35. The predicted molar refractivity (Wildman–Crippen MR) is 135 cm³/mol. The van der Waals surface area contributed by atoms with Crippen LogP contribution >= 0.6 is 11.3 Å². The standard InChI is InChI=1S/C27H25N5OS/c1-19-17-18-24(34-19)25(28-22-15-9-10-16-23(22)33-2)27-29-30-31-32(27)26(20-11-5-3-6-12-20)21-13-7-4-8-14-21/h3-18,25-26,28H,1-2H3. The first-order valence-electron chi connectivity index (χ1n) is 11.1. The van der Waals surface area contributed by atoms with Crippen molar-refractivity contribution in [1.82, 2.24) is 20.2 Å². The zero-order valence-corrected chi connectivity index (χ0v) is 19.8. The molecule has 1 atom stereocenters. The van der Waals surface area contributed by atoms with Gasteiger partial charge in [0.15, 0.2) is 5.82 Å². The molecule has 0 amide bonds. The number of thiophene rings is 1. The van der Waals surface area contributed by atoms with Gasteiger partial charge in [-0.25, -0.2) is 4.68 Å². The van der Waals surface area contributed by atoms with Gasteiger partial charge in [-0.05, 0) is 52.7 Å². The first-order valence-corrected chi connectivity index (χ1v) is 11.9. The van der Waals surface area contributed by atoms with Crippen molar-refractivity contribution >= 4 is 17.0 Å². The molecule has 1 N–H and O–H groups in total. The third kappa shape index (κ3) is 4.43. The van der Waals surface area contributed by atoms with Crippen LogP contribution in [0.5, 0.6) is 5.75 Å². The van der Waals surface area contributed by atoms with E-state index >= 15 is 0 Å². The first-order chi connectivity index (χ1) is 16.7. The average molecular weight is 468 g/mol. The van der Waals surface area contributed by atoms with Crippen molar-refractivity contribution in [2.24, 2.45) is 0 Å². The van der Waals surface area contributed by atoms with E-state index in [1.165, 1.54) is 4.88 Å². The van der Waals surface area contributed by atoms with E-state index in [1.54, 1.807) is 18.4 Å². The number of hydrogen-bond acceptors (Lipinski definition) is 6. The van der Waals surface area contributed by atoms with Gasteiger partial charge in [0.1, 0.15) is 17.8 Å². The minimum Gasteiger partial charge on any atom is -0.495 e.